The van der Waals surface area contributed by atoms with Gasteiger partial charge in [-0.25, -0.2) is 4.98 Å². The molecule has 6 nitrogen and oxygen atoms in total. The van der Waals surface area contributed by atoms with Gasteiger partial charge in [-0.15, -0.1) is 11.3 Å². The summed E-state index contributed by atoms with van der Waals surface area (Å²) < 4.78 is 0. The Morgan fingerprint density at radius 1 is 1.16 bits per heavy atom. The molecule has 0 bridgehead atoms. The van der Waals surface area contributed by atoms with E-state index in [4.69, 9.17) is 4.98 Å². The maximum Gasteiger partial charge on any atom is 0.261 e. The molecule has 5 rings (SSSR count). The molecule has 1 unspecified atom stereocenters. The number of hydrogen-bond acceptors (Lipinski definition) is 5. The van der Waals surface area contributed by atoms with Crippen molar-refractivity contribution in [2.24, 2.45) is 11.3 Å². The molecule has 0 radical (unpaired) electrons. The number of benzene rings is 1. The summed E-state index contributed by atoms with van der Waals surface area (Å²) in [6, 6.07) is 14.6. The Bertz CT molecular complexity index is 1490. The molecule has 2 atom stereocenters. The predicted molar refractivity (Wildman–Crippen MR) is 148 cm³/mol. The van der Waals surface area contributed by atoms with Crippen LogP contribution in [0.1, 0.15) is 66.1 Å². The summed E-state index contributed by atoms with van der Waals surface area (Å²) in [7, 11) is 0. The normalized spacial score (nSPS) is 16.2. The molecule has 3 aromatic heterocycles. The summed E-state index contributed by atoms with van der Waals surface area (Å²) in [6.07, 6.45) is 5.81. The van der Waals surface area contributed by atoms with E-state index in [9.17, 15) is 14.4 Å². The van der Waals surface area contributed by atoms with Crippen molar-refractivity contribution in [3.8, 4) is 11.1 Å². The van der Waals surface area contributed by atoms with Crippen molar-refractivity contribution in [2.45, 2.75) is 52.5 Å². The van der Waals surface area contributed by atoms with Crippen molar-refractivity contribution in [1.82, 2.24) is 15.3 Å². The fraction of sp³-hybridized carbons (Fsp3) is 0.333. The molecule has 37 heavy (non-hydrogen) atoms. The molecule has 0 aliphatic heterocycles. The SMILES string of the molecule is CC(C)(C)C1CCc2nc3sc(C(=O)N[C@H](CC=O)c4ccc(-c5ccc(=O)[nH]c5)cc4)cc3cc2C1. The zero-order chi connectivity index (χ0) is 26.2. The molecule has 1 aromatic carbocycles. The number of H-pyrrole nitrogens is 1. The van der Waals surface area contributed by atoms with Crippen molar-refractivity contribution in [3.05, 3.63) is 86.8 Å². The number of aldehydes is 1. The zero-order valence-corrected chi connectivity index (χ0v) is 22.2. The van der Waals surface area contributed by atoms with Crippen molar-refractivity contribution >= 4 is 33.7 Å². The van der Waals surface area contributed by atoms with E-state index < -0.39 is 6.04 Å². The van der Waals surface area contributed by atoms with Crippen LogP contribution in [0.15, 0.2) is 59.5 Å². The predicted octanol–water partition coefficient (Wildman–Crippen LogP) is 5.86. The molecule has 2 N–H and O–H groups in total. The van der Waals surface area contributed by atoms with Gasteiger partial charge in [-0.1, -0.05) is 45.0 Å². The average molecular weight is 514 g/mol. The third-order valence-electron chi connectivity index (χ3n) is 7.39. The largest absolute Gasteiger partial charge is 0.344 e. The number of thiophene rings is 1. The van der Waals surface area contributed by atoms with Gasteiger partial charge in [0.2, 0.25) is 5.56 Å². The molecule has 1 aliphatic rings. The van der Waals surface area contributed by atoms with Crippen LogP contribution in [0.4, 0.5) is 0 Å². The first-order chi connectivity index (χ1) is 17.7. The Morgan fingerprint density at radius 2 is 1.92 bits per heavy atom. The number of fused-ring (bicyclic) bond motifs is 2. The van der Waals surface area contributed by atoms with Crippen LogP contribution in [0.2, 0.25) is 0 Å². The lowest BCUT2D eigenvalue weighted by atomic mass is 9.71. The number of rotatable bonds is 6. The van der Waals surface area contributed by atoms with Gasteiger partial charge >= 0.3 is 0 Å². The second-order valence-electron chi connectivity index (χ2n) is 10.9. The van der Waals surface area contributed by atoms with E-state index in [1.54, 1.807) is 12.3 Å². The Morgan fingerprint density at radius 3 is 2.59 bits per heavy atom. The number of amides is 1. The molecule has 7 heteroatoms. The van der Waals surface area contributed by atoms with Gasteiger partial charge in [-0.2, -0.15) is 0 Å². The van der Waals surface area contributed by atoms with Crippen molar-refractivity contribution in [1.29, 1.82) is 0 Å². The van der Waals surface area contributed by atoms with E-state index in [-0.39, 0.29) is 23.3 Å². The molecular weight excluding hydrogens is 482 g/mol. The summed E-state index contributed by atoms with van der Waals surface area (Å²) in [5, 5.41) is 4.04. The number of hydrogen-bond donors (Lipinski definition) is 2. The summed E-state index contributed by atoms with van der Waals surface area (Å²) in [4.78, 5) is 45.0. The molecule has 0 saturated carbocycles. The molecule has 190 valence electrons. The highest BCUT2D eigenvalue weighted by Crippen LogP contribution is 2.38. The van der Waals surface area contributed by atoms with E-state index >= 15 is 0 Å². The standard InChI is InChI=1S/C30H31N3O3S/c1-30(2,3)23-9-10-24-21(15-23)14-22-16-26(37-29(22)33-24)28(36)32-25(12-13-34)19-6-4-18(5-7-19)20-8-11-27(35)31-17-20/h4-8,11,13-14,16-17,23,25H,9-10,12,15H2,1-3H3,(H,31,35)(H,32,36)/t23?,25-/m1/s1. The lowest BCUT2D eigenvalue weighted by Gasteiger charge is -2.34. The molecule has 1 aliphatic carbocycles. The number of aromatic amines is 1. The summed E-state index contributed by atoms with van der Waals surface area (Å²) >= 11 is 1.40. The maximum absolute atomic E-state index is 13.2. The van der Waals surface area contributed by atoms with Gasteiger partial charge in [0.25, 0.3) is 5.91 Å². The van der Waals surface area contributed by atoms with Crippen LogP contribution < -0.4 is 10.9 Å². The number of carbonyl (C=O) groups excluding carboxylic acids is 2. The number of nitrogens with one attached hydrogen (secondary N) is 2. The van der Waals surface area contributed by atoms with E-state index in [1.165, 1.54) is 23.0 Å². The van der Waals surface area contributed by atoms with Crippen LogP contribution in [0.5, 0.6) is 0 Å². The molecule has 4 aromatic rings. The minimum absolute atomic E-state index is 0.153. The quantitative estimate of drug-likeness (QED) is 0.316. The number of nitrogens with zero attached hydrogens (tertiary/aromatic N) is 1. The topological polar surface area (TPSA) is 91.9 Å². The van der Waals surface area contributed by atoms with Gasteiger partial charge in [-0.3, -0.25) is 9.59 Å². The first-order valence-corrected chi connectivity index (χ1v) is 13.5. The molecule has 0 saturated heterocycles. The molecule has 1 amide bonds. The number of carbonyl (C=O) groups is 2. The fourth-order valence-electron chi connectivity index (χ4n) is 5.08. The third kappa shape index (κ3) is 5.42. The summed E-state index contributed by atoms with van der Waals surface area (Å²) in [5.41, 5.74) is 5.23. The van der Waals surface area contributed by atoms with Crippen molar-refractivity contribution in [2.75, 3.05) is 0 Å². The smallest absolute Gasteiger partial charge is 0.261 e. The maximum atomic E-state index is 13.2. The fourth-order valence-corrected chi connectivity index (χ4v) is 6.01. The molecule has 3 heterocycles. The van der Waals surface area contributed by atoms with Gasteiger partial charge in [0.15, 0.2) is 0 Å². The molecular formula is C30H31N3O3S. The average Bonchev–Trinajstić information content (AvgIpc) is 3.30. The Balaban J connectivity index is 1.35. The zero-order valence-electron chi connectivity index (χ0n) is 21.3. The Hall–Kier alpha value is -3.58. The summed E-state index contributed by atoms with van der Waals surface area (Å²) in [5.74, 6) is 0.422. The molecule has 0 spiro atoms. The van der Waals surface area contributed by atoms with Crippen LogP contribution in [-0.4, -0.2) is 22.2 Å². The van der Waals surface area contributed by atoms with Gasteiger partial charge in [-0.05, 0) is 71.0 Å². The van der Waals surface area contributed by atoms with Crippen molar-refractivity contribution in [3.63, 3.8) is 0 Å². The van der Waals surface area contributed by atoms with Crippen LogP contribution >= 0.6 is 11.3 Å². The summed E-state index contributed by atoms with van der Waals surface area (Å²) in [6.45, 7) is 6.90. The van der Waals surface area contributed by atoms with Crippen LogP contribution in [0, 0.1) is 11.3 Å². The van der Waals surface area contributed by atoms with E-state index in [1.807, 2.05) is 30.3 Å². The minimum Gasteiger partial charge on any atom is -0.344 e. The monoisotopic (exact) mass is 513 g/mol. The number of aromatic nitrogens is 2. The first kappa shape index (κ1) is 25.1. The number of pyridine rings is 2. The van der Waals surface area contributed by atoms with Crippen LogP contribution in [0.25, 0.3) is 21.3 Å². The Kier molecular flexibility index (Phi) is 6.82. The highest BCUT2D eigenvalue weighted by molar-refractivity contribution is 7.20. The van der Waals surface area contributed by atoms with E-state index in [0.29, 0.717) is 10.8 Å². The highest BCUT2D eigenvalue weighted by atomic mass is 32.1. The van der Waals surface area contributed by atoms with E-state index in [0.717, 1.165) is 58.1 Å². The first-order valence-electron chi connectivity index (χ1n) is 12.7. The Labute approximate surface area is 220 Å². The van der Waals surface area contributed by atoms with Crippen LogP contribution in [-0.2, 0) is 17.6 Å². The van der Waals surface area contributed by atoms with E-state index in [2.05, 4.69) is 37.1 Å². The van der Waals surface area contributed by atoms with Crippen molar-refractivity contribution < 1.29 is 9.59 Å². The third-order valence-corrected chi connectivity index (χ3v) is 8.43. The highest BCUT2D eigenvalue weighted by Gasteiger charge is 2.30. The van der Waals surface area contributed by atoms with Gasteiger partial charge in [0.1, 0.15) is 11.1 Å². The second-order valence-corrected chi connectivity index (χ2v) is 11.9. The van der Waals surface area contributed by atoms with Crippen LogP contribution in [0.3, 0.4) is 0 Å². The molecule has 0 fully saturated rings. The lowest BCUT2D eigenvalue weighted by Crippen LogP contribution is -2.28. The van der Waals surface area contributed by atoms with Gasteiger partial charge < -0.3 is 15.1 Å². The minimum atomic E-state index is -0.437. The van der Waals surface area contributed by atoms with Gasteiger partial charge in [0.05, 0.1) is 10.9 Å². The van der Waals surface area contributed by atoms with Gasteiger partial charge in [0, 0.05) is 29.8 Å². The lowest BCUT2D eigenvalue weighted by molar-refractivity contribution is -0.108. The number of aryl methyl sites for hydroxylation is 1. The second kappa shape index (κ2) is 10.1.